The molecule has 0 bridgehead atoms. The summed E-state index contributed by atoms with van der Waals surface area (Å²) < 4.78 is 0. The lowest BCUT2D eigenvalue weighted by molar-refractivity contribution is -0.122. The maximum atomic E-state index is 11.4. The molecule has 0 spiro atoms. The molecule has 2 heteroatoms. The predicted octanol–water partition coefficient (Wildman–Crippen LogP) is 2.98. The van der Waals surface area contributed by atoms with Gasteiger partial charge in [-0.2, -0.15) is 0 Å². The van der Waals surface area contributed by atoms with Gasteiger partial charge in [0.2, 0.25) is 0 Å². The molecule has 0 aliphatic rings. The minimum atomic E-state index is -0.00129. The van der Waals surface area contributed by atoms with Gasteiger partial charge in [-0.1, -0.05) is 26.7 Å². The summed E-state index contributed by atoms with van der Waals surface area (Å²) in [6, 6.07) is 0. The fraction of sp³-hybridized carbons (Fsp3) is 0.909. The lowest BCUT2D eigenvalue weighted by atomic mass is 9.97. The van der Waals surface area contributed by atoms with Gasteiger partial charge in [0.25, 0.3) is 0 Å². The van der Waals surface area contributed by atoms with Gasteiger partial charge >= 0.3 is 0 Å². The smallest absolute Gasteiger partial charge is 0.135 e. The number of Topliss-reactive ketones (excluding diaryl/α,β-unsaturated/α-hetero) is 1. The van der Waals surface area contributed by atoms with Gasteiger partial charge in [-0.25, -0.2) is 5.11 Å². The highest BCUT2D eigenvalue weighted by molar-refractivity contribution is 5.80. The first-order valence-corrected chi connectivity index (χ1v) is 5.33. The summed E-state index contributed by atoms with van der Waals surface area (Å²) in [7, 11) is 0. The Kier molecular flexibility index (Phi) is 8.00. The van der Waals surface area contributed by atoms with Gasteiger partial charge < -0.3 is 0 Å². The second-order valence-electron chi connectivity index (χ2n) is 3.67. The summed E-state index contributed by atoms with van der Waals surface area (Å²) in [5, 5.41) is 10.1. The minimum absolute atomic E-state index is 0.00129. The first-order chi connectivity index (χ1) is 6.22. The number of rotatable bonds is 8. The fourth-order valence-corrected chi connectivity index (χ4v) is 1.42. The Hall–Kier alpha value is -0.370. The molecule has 0 N–H and O–H groups in total. The number of carbonyl (C=O) groups excluding carboxylic acids is 1. The third-order valence-corrected chi connectivity index (χ3v) is 2.34. The lowest BCUT2D eigenvalue weighted by Gasteiger charge is -2.07. The minimum Gasteiger partial charge on any atom is -0.299 e. The van der Waals surface area contributed by atoms with E-state index < -0.39 is 0 Å². The normalized spacial score (nSPS) is 12.8. The van der Waals surface area contributed by atoms with Crippen molar-refractivity contribution < 1.29 is 9.90 Å². The Morgan fingerprint density at radius 1 is 1.23 bits per heavy atom. The Morgan fingerprint density at radius 3 is 2.46 bits per heavy atom. The molecule has 0 aliphatic carbocycles. The van der Waals surface area contributed by atoms with Crippen LogP contribution in [-0.4, -0.2) is 12.4 Å². The SMILES string of the molecule is CCCC(C)C(=O)CCCCC[O]. The maximum Gasteiger partial charge on any atom is 0.135 e. The number of hydrogen-bond donors (Lipinski definition) is 0. The van der Waals surface area contributed by atoms with Crippen molar-refractivity contribution in [3.8, 4) is 0 Å². The average molecular weight is 185 g/mol. The van der Waals surface area contributed by atoms with E-state index in [1.165, 1.54) is 0 Å². The topological polar surface area (TPSA) is 37.0 Å². The monoisotopic (exact) mass is 185 g/mol. The molecule has 0 saturated carbocycles. The number of carbonyl (C=O) groups is 1. The van der Waals surface area contributed by atoms with Crippen LogP contribution in [0.15, 0.2) is 0 Å². The van der Waals surface area contributed by atoms with Crippen LogP contribution in [0.2, 0.25) is 0 Å². The zero-order chi connectivity index (χ0) is 10.1. The van der Waals surface area contributed by atoms with Crippen molar-refractivity contribution >= 4 is 5.78 Å². The van der Waals surface area contributed by atoms with E-state index in [1.54, 1.807) is 0 Å². The van der Waals surface area contributed by atoms with Crippen molar-refractivity contribution in [1.82, 2.24) is 0 Å². The van der Waals surface area contributed by atoms with Crippen LogP contribution in [0.1, 0.15) is 52.4 Å². The Morgan fingerprint density at radius 2 is 1.92 bits per heavy atom. The third-order valence-electron chi connectivity index (χ3n) is 2.34. The standard InChI is InChI=1S/C11H21O2/c1-3-7-10(2)11(13)8-5-4-6-9-12/h10H,3-9H2,1-2H3. The van der Waals surface area contributed by atoms with Crippen LogP contribution in [0, 0.1) is 5.92 Å². The van der Waals surface area contributed by atoms with Crippen LogP contribution in [-0.2, 0) is 9.90 Å². The van der Waals surface area contributed by atoms with Gasteiger partial charge in [0.15, 0.2) is 0 Å². The molecule has 1 unspecified atom stereocenters. The summed E-state index contributed by atoms with van der Waals surface area (Å²) in [6.07, 6.45) is 5.27. The molecule has 0 saturated heterocycles. The second-order valence-corrected chi connectivity index (χ2v) is 3.67. The van der Waals surface area contributed by atoms with Gasteiger partial charge in [-0.05, 0) is 19.3 Å². The summed E-state index contributed by atoms with van der Waals surface area (Å²) >= 11 is 0. The van der Waals surface area contributed by atoms with Gasteiger partial charge in [0.05, 0.1) is 6.61 Å². The third kappa shape index (κ3) is 6.76. The Labute approximate surface area is 81.3 Å². The second kappa shape index (κ2) is 8.24. The van der Waals surface area contributed by atoms with Crippen molar-refractivity contribution in [1.29, 1.82) is 0 Å². The predicted molar refractivity (Wildman–Crippen MR) is 53.1 cm³/mol. The van der Waals surface area contributed by atoms with E-state index in [0.717, 1.165) is 32.1 Å². The molecule has 0 amide bonds. The lowest BCUT2D eigenvalue weighted by Crippen LogP contribution is -2.10. The molecule has 0 fully saturated rings. The highest BCUT2D eigenvalue weighted by Crippen LogP contribution is 2.11. The van der Waals surface area contributed by atoms with Crippen LogP contribution >= 0.6 is 0 Å². The first-order valence-electron chi connectivity index (χ1n) is 5.33. The Balaban J connectivity index is 3.38. The van der Waals surface area contributed by atoms with E-state index in [9.17, 15) is 9.90 Å². The summed E-state index contributed by atoms with van der Waals surface area (Å²) in [4.78, 5) is 11.4. The summed E-state index contributed by atoms with van der Waals surface area (Å²) in [5.41, 5.74) is 0. The average Bonchev–Trinajstić information content (AvgIpc) is 2.12. The van der Waals surface area contributed by atoms with E-state index in [0.29, 0.717) is 12.2 Å². The highest BCUT2D eigenvalue weighted by atomic mass is 16.2. The van der Waals surface area contributed by atoms with Crippen LogP contribution < -0.4 is 0 Å². The summed E-state index contributed by atoms with van der Waals surface area (Å²) in [6.45, 7) is 4.10. The van der Waals surface area contributed by atoms with E-state index in [4.69, 9.17) is 0 Å². The van der Waals surface area contributed by atoms with Gasteiger partial charge in [-0.3, -0.25) is 4.79 Å². The quantitative estimate of drug-likeness (QED) is 0.535. The van der Waals surface area contributed by atoms with E-state index in [1.807, 2.05) is 6.92 Å². The molecule has 0 aromatic rings. The van der Waals surface area contributed by atoms with Crippen LogP contribution in [0.4, 0.5) is 0 Å². The van der Waals surface area contributed by atoms with E-state index in [2.05, 4.69) is 6.92 Å². The maximum absolute atomic E-state index is 11.4. The van der Waals surface area contributed by atoms with Crippen LogP contribution in [0.5, 0.6) is 0 Å². The highest BCUT2D eigenvalue weighted by Gasteiger charge is 2.10. The molecule has 0 aromatic heterocycles. The molecule has 1 atom stereocenters. The molecule has 2 nitrogen and oxygen atoms in total. The van der Waals surface area contributed by atoms with Gasteiger partial charge in [0, 0.05) is 12.3 Å². The van der Waals surface area contributed by atoms with Crippen LogP contribution in [0.3, 0.4) is 0 Å². The largest absolute Gasteiger partial charge is 0.299 e. The zero-order valence-electron chi connectivity index (χ0n) is 8.84. The first kappa shape index (κ1) is 12.6. The molecule has 0 rings (SSSR count). The Bertz CT molecular complexity index is 132. The van der Waals surface area contributed by atoms with E-state index in [-0.39, 0.29) is 12.5 Å². The molecular weight excluding hydrogens is 164 g/mol. The fourth-order valence-electron chi connectivity index (χ4n) is 1.42. The number of hydrogen-bond acceptors (Lipinski definition) is 1. The molecule has 1 radical (unpaired) electrons. The van der Waals surface area contributed by atoms with E-state index >= 15 is 0 Å². The molecule has 77 valence electrons. The van der Waals surface area contributed by atoms with Crippen LogP contribution in [0.25, 0.3) is 0 Å². The van der Waals surface area contributed by atoms with Crippen molar-refractivity contribution in [2.45, 2.75) is 52.4 Å². The molecular formula is C11H21O2. The van der Waals surface area contributed by atoms with Crippen molar-refractivity contribution in [3.63, 3.8) is 0 Å². The van der Waals surface area contributed by atoms with Crippen molar-refractivity contribution in [2.75, 3.05) is 6.61 Å². The van der Waals surface area contributed by atoms with Crippen molar-refractivity contribution in [2.24, 2.45) is 5.92 Å². The number of unbranched alkanes of at least 4 members (excludes halogenated alkanes) is 2. The molecule has 0 heterocycles. The molecule has 0 aliphatic heterocycles. The van der Waals surface area contributed by atoms with Gasteiger partial charge in [-0.15, -0.1) is 0 Å². The summed E-state index contributed by atoms with van der Waals surface area (Å²) in [5.74, 6) is 0.588. The molecule has 13 heavy (non-hydrogen) atoms. The van der Waals surface area contributed by atoms with Crippen molar-refractivity contribution in [3.05, 3.63) is 0 Å². The zero-order valence-corrected chi connectivity index (χ0v) is 8.84. The van der Waals surface area contributed by atoms with Gasteiger partial charge in [0.1, 0.15) is 5.78 Å². The number of ketones is 1. The molecule has 0 aromatic carbocycles.